The Kier molecular flexibility index (Phi) is 7.78. The zero-order valence-electron chi connectivity index (χ0n) is 18.3. The number of hydrogen-bond acceptors (Lipinski definition) is 7. The molecule has 1 aromatic heterocycles. The van der Waals surface area contributed by atoms with Gasteiger partial charge in [-0.2, -0.15) is 5.10 Å². The third kappa shape index (κ3) is 7.14. The molecule has 0 saturated heterocycles. The van der Waals surface area contributed by atoms with Gasteiger partial charge in [0.25, 0.3) is 0 Å². The van der Waals surface area contributed by atoms with Crippen LogP contribution in [0.4, 0.5) is 11.4 Å². The number of sulfone groups is 1. The maximum Gasteiger partial charge on any atom is 0.249 e. The molecule has 3 aromatic rings. The van der Waals surface area contributed by atoms with E-state index < -0.39 is 15.9 Å². The second-order valence-corrected chi connectivity index (χ2v) is 9.38. The Bertz CT molecular complexity index is 1180. The first-order chi connectivity index (χ1) is 15.7. The van der Waals surface area contributed by atoms with Crippen molar-refractivity contribution in [1.29, 1.82) is 0 Å². The van der Waals surface area contributed by atoms with Crippen LogP contribution in [0.2, 0.25) is 0 Å². The number of rotatable bonds is 10. The van der Waals surface area contributed by atoms with Gasteiger partial charge in [-0.1, -0.05) is 0 Å². The van der Waals surface area contributed by atoms with Gasteiger partial charge in [-0.05, 0) is 61.9 Å². The first-order valence-electron chi connectivity index (χ1n) is 10.2. The molecule has 0 aliphatic heterocycles. The van der Waals surface area contributed by atoms with Crippen molar-refractivity contribution in [3.63, 3.8) is 0 Å². The summed E-state index contributed by atoms with van der Waals surface area (Å²) in [5.74, 6) is 0.143. The number of carbonyl (C=O) groups excluding carboxylic acids is 2. The highest BCUT2D eigenvalue weighted by atomic mass is 32.2. The zero-order valence-corrected chi connectivity index (χ0v) is 19.1. The zero-order chi connectivity index (χ0) is 23.8. The Morgan fingerprint density at radius 2 is 1.67 bits per heavy atom. The third-order valence-corrected chi connectivity index (χ3v) is 5.85. The van der Waals surface area contributed by atoms with E-state index in [1.54, 1.807) is 43.3 Å². The minimum atomic E-state index is -3.24. The lowest BCUT2D eigenvalue weighted by Gasteiger charge is -2.12. The van der Waals surface area contributed by atoms with E-state index in [1.807, 2.05) is 0 Å². The molecule has 3 rings (SSSR count). The van der Waals surface area contributed by atoms with E-state index >= 15 is 0 Å². The SMILES string of the molecule is CC(C(=O)Nc1ccc(NC(=O)CCCOc2ccc(S(C)(=O)=O)cc2)cc1)n1cncn1. The van der Waals surface area contributed by atoms with Crippen LogP contribution in [0.5, 0.6) is 5.75 Å². The summed E-state index contributed by atoms with van der Waals surface area (Å²) in [6.45, 7) is 2.04. The van der Waals surface area contributed by atoms with Crippen LogP contribution in [0.3, 0.4) is 0 Å². The van der Waals surface area contributed by atoms with Gasteiger partial charge in [-0.15, -0.1) is 0 Å². The van der Waals surface area contributed by atoms with Gasteiger partial charge in [-0.25, -0.2) is 18.1 Å². The number of hydrogen-bond donors (Lipinski definition) is 2. The standard InChI is InChI=1S/C22H25N5O5S/c1-16(27-15-23-14-24-27)22(29)26-18-7-5-17(6-8-18)25-21(28)4-3-13-32-19-9-11-20(12-10-19)33(2,30)31/h5-12,14-16H,3-4,13H2,1-2H3,(H,25,28)(H,26,29). The van der Waals surface area contributed by atoms with E-state index in [0.717, 1.165) is 6.26 Å². The molecule has 2 N–H and O–H groups in total. The molecule has 0 bridgehead atoms. The normalized spacial score (nSPS) is 12.1. The smallest absolute Gasteiger partial charge is 0.249 e. The lowest BCUT2D eigenvalue weighted by atomic mass is 10.2. The van der Waals surface area contributed by atoms with Gasteiger partial charge in [0.2, 0.25) is 11.8 Å². The highest BCUT2D eigenvalue weighted by molar-refractivity contribution is 7.90. The molecule has 0 aliphatic rings. The number of nitrogens with zero attached hydrogens (tertiary/aromatic N) is 3. The summed E-state index contributed by atoms with van der Waals surface area (Å²) < 4.78 is 29.9. The largest absolute Gasteiger partial charge is 0.494 e. The number of carbonyl (C=O) groups is 2. The average molecular weight is 472 g/mol. The van der Waals surface area contributed by atoms with Gasteiger partial charge in [0.15, 0.2) is 9.84 Å². The molecule has 0 saturated carbocycles. The molecule has 0 fully saturated rings. The summed E-state index contributed by atoms with van der Waals surface area (Å²) in [5, 5.41) is 9.54. The molecule has 0 spiro atoms. The van der Waals surface area contributed by atoms with Crippen LogP contribution >= 0.6 is 0 Å². The topological polar surface area (TPSA) is 132 Å². The molecule has 1 atom stereocenters. The number of nitrogens with one attached hydrogen (secondary N) is 2. The van der Waals surface area contributed by atoms with Crippen molar-refractivity contribution in [2.45, 2.75) is 30.7 Å². The number of anilines is 2. The minimum absolute atomic E-state index is 0.164. The van der Waals surface area contributed by atoms with Crippen molar-refractivity contribution >= 4 is 33.0 Å². The molecule has 10 nitrogen and oxygen atoms in total. The fourth-order valence-electron chi connectivity index (χ4n) is 2.85. The molecule has 2 aromatic carbocycles. The Hall–Kier alpha value is -3.73. The lowest BCUT2D eigenvalue weighted by Crippen LogP contribution is -2.24. The first kappa shape index (κ1) is 23.9. The molecular weight excluding hydrogens is 446 g/mol. The summed E-state index contributed by atoms with van der Waals surface area (Å²) in [5.41, 5.74) is 1.21. The number of amides is 2. The first-order valence-corrected chi connectivity index (χ1v) is 12.1. The van der Waals surface area contributed by atoms with Crippen LogP contribution in [-0.2, 0) is 19.4 Å². The van der Waals surface area contributed by atoms with E-state index in [0.29, 0.717) is 30.2 Å². The van der Waals surface area contributed by atoms with E-state index in [2.05, 4.69) is 20.7 Å². The highest BCUT2D eigenvalue weighted by Gasteiger charge is 2.15. The van der Waals surface area contributed by atoms with Gasteiger partial charge in [0, 0.05) is 24.1 Å². The van der Waals surface area contributed by atoms with Crippen molar-refractivity contribution in [3.05, 3.63) is 61.2 Å². The molecule has 1 unspecified atom stereocenters. The van der Waals surface area contributed by atoms with Crippen molar-refractivity contribution < 1.29 is 22.7 Å². The van der Waals surface area contributed by atoms with Crippen LogP contribution in [0.1, 0.15) is 25.8 Å². The fraction of sp³-hybridized carbons (Fsp3) is 0.273. The second kappa shape index (κ2) is 10.7. The van der Waals surface area contributed by atoms with Crippen molar-refractivity contribution in [2.75, 3.05) is 23.5 Å². The summed E-state index contributed by atoms with van der Waals surface area (Å²) in [6, 6.07) is 12.4. The van der Waals surface area contributed by atoms with Gasteiger partial charge < -0.3 is 15.4 Å². The lowest BCUT2D eigenvalue weighted by molar-refractivity contribution is -0.119. The van der Waals surface area contributed by atoms with Gasteiger partial charge >= 0.3 is 0 Å². The molecule has 11 heteroatoms. The fourth-order valence-corrected chi connectivity index (χ4v) is 3.48. The van der Waals surface area contributed by atoms with Crippen LogP contribution < -0.4 is 15.4 Å². The Labute approximate surface area is 191 Å². The number of benzene rings is 2. The Morgan fingerprint density at radius 3 is 2.24 bits per heavy atom. The Balaban J connectivity index is 1.39. The van der Waals surface area contributed by atoms with E-state index in [1.165, 1.54) is 29.5 Å². The third-order valence-electron chi connectivity index (χ3n) is 4.72. The monoisotopic (exact) mass is 471 g/mol. The van der Waals surface area contributed by atoms with Crippen LogP contribution in [0, 0.1) is 0 Å². The summed E-state index contributed by atoms with van der Waals surface area (Å²) in [4.78, 5) is 28.5. The molecule has 174 valence electrons. The highest BCUT2D eigenvalue weighted by Crippen LogP contribution is 2.17. The summed E-state index contributed by atoms with van der Waals surface area (Å²) in [7, 11) is -3.24. The van der Waals surface area contributed by atoms with Gasteiger partial charge in [0.1, 0.15) is 24.4 Å². The molecule has 1 heterocycles. The van der Waals surface area contributed by atoms with Crippen LogP contribution in [0.15, 0.2) is 66.1 Å². The van der Waals surface area contributed by atoms with Crippen molar-refractivity contribution in [1.82, 2.24) is 14.8 Å². The van der Waals surface area contributed by atoms with Gasteiger partial charge in [0.05, 0.1) is 11.5 Å². The van der Waals surface area contributed by atoms with Crippen molar-refractivity contribution in [3.8, 4) is 5.75 Å². The molecular formula is C22H25N5O5S. The molecule has 0 radical (unpaired) electrons. The van der Waals surface area contributed by atoms with Crippen LogP contribution in [-0.4, -0.2) is 47.9 Å². The second-order valence-electron chi connectivity index (χ2n) is 7.36. The van der Waals surface area contributed by atoms with Crippen molar-refractivity contribution in [2.24, 2.45) is 0 Å². The number of ether oxygens (including phenoxy) is 1. The van der Waals surface area contributed by atoms with E-state index in [-0.39, 0.29) is 23.1 Å². The maximum absolute atomic E-state index is 12.3. The average Bonchev–Trinajstić information content (AvgIpc) is 3.32. The number of aromatic nitrogens is 3. The maximum atomic E-state index is 12.3. The van der Waals surface area contributed by atoms with E-state index in [4.69, 9.17) is 4.74 Å². The molecule has 33 heavy (non-hydrogen) atoms. The van der Waals surface area contributed by atoms with Crippen LogP contribution in [0.25, 0.3) is 0 Å². The quantitative estimate of drug-likeness (QED) is 0.434. The van der Waals surface area contributed by atoms with E-state index in [9.17, 15) is 18.0 Å². The molecule has 2 amide bonds. The minimum Gasteiger partial charge on any atom is -0.494 e. The summed E-state index contributed by atoms with van der Waals surface area (Å²) >= 11 is 0. The predicted octanol–water partition coefficient (Wildman–Crippen LogP) is 2.68. The predicted molar refractivity (Wildman–Crippen MR) is 123 cm³/mol. The molecule has 0 aliphatic carbocycles. The Morgan fingerprint density at radius 1 is 1.03 bits per heavy atom. The van der Waals surface area contributed by atoms with Gasteiger partial charge in [-0.3, -0.25) is 9.59 Å². The summed E-state index contributed by atoms with van der Waals surface area (Å²) in [6.07, 6.45) is 4.74.